The minimum Gasteiger partial charge on any atom is -0.406 e. The second-order valence-electron chi connectivity index (χ2n) is 6.31. The van der Waals surface area contributed by atoms with Gasteiger partial charge >= 0.3 is 5.76 Å². The molecule has 0 N–H and O–H groups in total. The lowest BCUT2D eigenvalue weighted by Gasteiger charge is -2.40. The molecule has 0 amide bonds. The number of pyridine rings is 1. The van der Waals surface area contributed by atoms with Crippen LogP contribution >= 0.6 is 11.8 Å². The third-order valence-corrected chi connectivity index (χ3v) is 5.98. The number of aromatic nitrogens is 2. The second-order valence-corrected chi connectivity index (χ2v) is 7.80. The molecule has 2 atom stereocenters. The quantitative estimate of drug-likeness (QED) is 0.719. The van der Waals surface area contributed by atoms with Gasteiger partial charge in [0.05, 0.1) is 0 Å². The SMILES string of the molecule is C[C@H]1SCCN(CCn2c(=O)oc3cccnc32)[C@@H]1c1ccccc1. The Morgan fingerprint density at radius 1 is 1.20 bits per heavy atom. The van der Waals surface area contributed by atoms with Gasteiger partial charge in [0, 0.05) is 42.9 Å². The average Bonchev–Trinajstić information content (AvgIpc) is 2.96. The van der Waals surface area contributed by atoms with Crippen LogP contribution in [0.3, 0.4) is 0 Å². The van der Waals surface area contributed by atoms with Gasteiger partial charge in [-0.1, -0.05) is 37.3 Å². The number of fused-ring (bicyclic) bond motifs is 1. The number of hydrogen-bond acceptors (Lipinski definition) is 5. The molecule has 1 aliphatic heterocycles. The van der Waals surface area contributed by atoms with E-state index in [-0.39, 0.29) is 5.76 Å². The van der Waals surface area contributed by atoms with E-state index < -0.39 is 0 Å². The van der Waals surface area contributed by atoms with E-state index >= 15 is 0 Å². The number of thioether (sulfide) groups is 1. The molecule has 0 unspecified atom stereocenters. The zero-order valence-corrected chi connectivity index (χ0v) is 15.0. The fourth-order valence-corrected chi connectivity index (χ4v) is 4.82. The van der Waals surface area contributed by atoms with Crippen molar-refractivity contribution in [2.24, 2.45) is 0 Å². The van der Waals surface area contributed by atoms with Crippen LogP contribution in [0.1, 0.15) is 18.5 Å². The number of hydrogen-bond donors (Lipinski definition) is 0. The van der Waals surface area contributed by atoms with Gasteiger partial charge in [0.2, 0.25) is 0 Å². The van der Waals surface area contributed by atoms with Crippen molar-refractivity contribution in [3.63, 3.8) is 0 Å². The molecule has 1 saturated heterocycles. The lowest BCUT2D eigenvalue weighted by Crippen LogP contribution is -2.42. The Morgan fingerprint density at radius 3 is 2.88 bits per heavy atom. The maximum atomic E-state index is 12.2. The predicted octanol–water partition coefficient (Wildman–Crippen LogP) is 3.17. The van der Waals surface area contributed by atoms with Gasteiger partial charge in [-0.15, -0.1) is 0 Å². The molecule has 3 aromatic rings. The molecule has 0 spiro atoms. The highest BCUT2D eigenvalue weighted by atomic mass is 32.2. The van der Waals surface area contributed by atoms with Crippen LogP contribution in [0.4, 0.5) is 0 Å². The van der Waals surface area contributed by atoms with Crippen molar-refractivity contribution in [2.45, 2.75) is 24.8 Å². The summed E-state index contributed by atoms with van der Waals surface area (Å²) in [6.45, 7) is 4.70. The molecule has 1 aliphatic rings. The third-order valence-electron chi connectivity index (χ3n) is 4.77. The Kier molecular flexibility index (Phi) is 4.63. The van der Waals surface area contributed by atoms with Crippen molar-refractivity contribution >= 4 is 23.0 Å². The Morgan fingerprint density at radius 2 is 2.04 bits per heavy atom. The molecule has 2 aromatic heterocycles. The molecule has 0 saturated carbocycles. The molecule has 3 heterocycles. The fourth-order valence-electron chi connectivity index (χ4n) is 3.59. The van der Waals surface area contributed by atoms with E-state index in [1.807, 2.05) is 11.8 Å². The predicted molar refractivity (Wildman–Crippen MR) is 101 cm³/mol. The summed E-state index contributed by atoms with van der Waals surface area (Å²) in [4.78, 5) is 18.9. The zero-order valence-electron chi connectivity index (χ0n) is 14.2. The van der Waals surface area contributed by atoms with Gasteiger partial charge in [-0.25, -0.2) is 9.78 Å². The Hall–Kier alpha value is -2.05. The summed E-state index contributed by atoms with van der Waals surface area (Å²) in [6.07, 6.45) is 1.69. The standard InChI is InChI=1S/C19H21N3O2S/c1-14-17(15-6-3-2-4-7-15)21(12-13-25-14)10-11-22-18-16(24-19(22)23)8-5-9-20-18/h2-9,14,17H,10-13H2,1H3/t14-,17+/m1/s1. The highest BCUT2D eigenvalue weighted by molar-refractivity contribution is 8.00. The summed E-state index contributed by atoms with van der Waals surface area (Å²) in [5, 5.41) is 0.520. The number of benzene rings is 1. The first-order chi connectivity index (χ1) is 12.2. The van der Waals surface area contributed by atoms with Gasteiger partial charge in [-0.3, -0.25) is 9.47 Å². The monoisotopic (exact) mass is 355 g/mol. The summed E-state index contributed by atoms with van der Waals surface area (Å²) in [6, 6.07) is 14.6. The first-order valence-corrected chi connectivity index (χ1v) is 9.64. The molecule has 0 radical (unpaired) electrons. The van der Waals surface area contributed by atoms with Crippen molar-refractivity contribution in [3.8, 4) is 0 Å². The smallest absolute Gasteiger partial charge is 0.406 e. The van der Waals surface area contributed by atoms with Crippen molar-refractivity contribution in [3.05, 3.63) is 64.8 Å². The number of nitrogens with zero attached hydrogens (tertiary/aromatic N) is 3. The summed E-state index contributed by atoms with van der Waals surface area (Å²) in [5.74, 6) is 0.786. The van der Waals surface area contributed by atoms with Crippen LogP contribution in [0, 0.1) is 0 Å². The molecule has 1 fully saturated rings. The summed E-state index contributed by atoms with van der Waals surface area (Å²) in [7, 11) is 0. The number of oxazole rings is 1. The maximum Gasteiger partial charge on any atom is 0.421 e. The number of rotatable bonds is 4. The molecule has 0 aliphatic carbocycles. The zero-order chi connectivity index (χ0) is 17.2. The maximum absolute atomic E-state index is 12.2. The molecule has 25 heavy (non-hydrogen) atoms. The first-order valence-electron chi connectivity index (χ1n) is 8.59. The normalized spacial score (nSPS) is 21.6. The van der Waals surface area contributed by atoms with Crippen LogP contribution in [0.15, 0.2) is 57.9 Å². The van der Waals surface area contributed by atoms with E-state index in [1.54, 1.807) is 22.9 Å². The van der Waals surface area contributed by atoms with E-state index in [4.69, 9.17) is 4.42 Å². The van der Waals surface area contributed by atoms with Gasteiger partial charge in [-0.2, -0.15) is 11.8 Å². The molecule has 1 aromatic carbocycles. The van der Waals surface area contributed by atoms with Crippen LogP contribution in [0.5, 0.6) is 0 Å². The van der Waals surface area contributed by atoms with Crippen molar-refractivity contribution in [1.29, 1.82) is 0 Å². The summed E-state index contributed by atoms with van der Waals surface area (Å²) >= 11 is 2.01. The van der Waals surface area contributed by atoms with Crippen molar-refractivity contribution in [1.82, 2.24) is 14.5 Å². The Bertz CT molecular complexity index is 906. The van der Waals surface area contributed by atoms with Gasteiger partial charge in [0.1, 0.15) is 0 Å². The molecule has 6 heteroatoms. The average molecular weight is 355 g/mol. The van der Waals surface area contributed by atoms with Crippen molar-refractivity contribution in [2.75, 3.05) is 18.8 Å². The molecule has 0 bridgehead atoms. The van der Waals surface area contributed by atoms with Gasteiger partial charge in [0.25, 0.3) is 0 Å². The molecular formula is C19H21N3O2S. The minimum absolute atomic E-state index is 0.329. The molecule has 130 valence electrons. The van der Waals surface area contributed by atoms with Crippen LogP contribution in [-0.4, -0.2) is 38.5 Å². The lowest BCUT2D eigenvalue weighted by atomic mass is 10.0. The van der Waals surface area contributed by atoms with Crippen LogP contribution in [-0.2, 0) is 6.54 Å². The first kappa shape index (κ1) is 16.4. The molecular weight excluding hydrogens is 334 g/mol. The summed E-state index contributed by atoms with van der Waals surface area (Å²) < 4.78 is 6.94. The van der Waals surface area contributed by atoms with E-state index in [0.29, 0.717) is 29.1 Å². The van der Waals surface area contributed by atoms with Crippen LogP contribution in [0.25, 0.3) is 11.2 Å². The van der Waals surface area contributed by atoms with Crippen LogP contribution in [0.2, 0.25) is 0 Å². The van der Waals surface area contributed by atoms with Gasteiger partial charge < -0.3 is 4.42 Å². The van der Waals surface area contributed by atoms with Crippen molar-refractivity contribution < 1.29 is 4.42 Å². The van der Waals surface area contributed by atoms with E-state index in [9.17, 15) is 4.79 Å². The molecule has 5 nitrogen and oxygen atoms in total. The topological polar surface area (TPSA) is 51.3 Å². The molecule has 4 rings (SSSR count). The van der Waals surface area contributed by atoms with Gasteiger partial charge in [0.15, 0.2) is 11.2 Å². The third kappa shape index (κ3) is 3.24. The fraction of sp³-hybridized carbons (Fsp3) is 0.368. The van der Waals surface area contributed by atoms with Crippen LogP contribution < -0.4 is 5.76 Å². The summed E-state index contributed by atoms with van der Waals surface area (Å²) in [5.41, 5.74) is 2.52. The van der Waals surface area contributed by atoms with E-state index in [2.05, 4.69) is 47.1 Å². The minimum atomic E-state index is -0.329. The highest BCUT2D eigenvalue weighted by Gasteiger charge is 2.30. The largest absolute Gasteiger partial charge is 0.421 e. The lowest BCUT2D eigenvalue weighted by molar-refractivity contribution is 0.192. The van der Waals surface area contributed by atoms with E-state index in [0.717, 1.165) is 18.8 Å². The van der Waals surface area contributed by atoms with Gasteiger partial charge in [-0.05, 0) is 17.7 Å². The highest BCUT2D eigenvalue weighted by Crippen LogP contribution is 2.35. The Labute approximate surface area is 150 Å². The second kappa shape index (κ2) is 7.06. The van der Waals surface area contributed by atoms with E-state index in [1.165, 1.54) is 5.56 Å². The Balaban J connectivity index is 1.58.